The van der Waals surface area contributed by atoms with Crippen molar-refractivity contribution in [2.75, 3.05) is 25.0 Å². The molecular weight excluding hydrogens is 452 g/mol. The van der Waals surface area contributed by atoms with E-state index in [1.54, 1.807) is 18.3 Å². The molecule has 0 saturated heterocycles. The van der Waals surface area contributed by atoms with Gasteiger partial charge in [-0.1, -0.05) is 13.0 Å². The van der Waals surface area contributed by atoms with Gasteiger partial charge in [-0.25, -0.2) is 28.7 Å². The van der Waals surface area contributed by atoms with Crippen LogP contribution in [0.4, 0.5) is 20.5 Å². The second-order valence-corrected chi connectivity index (χ2v) is 8.61. The summed E-state index contributed by atoms with van der Waals surface area (Å²) in [4.78, 5) is 19.1. The molecule has 4 aromatic rings. The zero-order chi connectivity index (χ0) is 25.1. The van der Waals surface area contributed by atoms with Crippen molar-refractivity contribution in [1.29, 1.82) is 0 Å². The van der Waals surface area contributed by atoms with Gasteiger partial charge in [-0.2, -0.15) is 0 Å². The summed E-state index contributed by atoms with van der Waals surface area (Å²) in [6.45, 7) is 9.99. The number of aryl methyl sites for hydroxylation is 1. The molecule has 1 aromatic carbocycles. The topological polar surface area (TPSA) is 92.0 Å². The van der Waals surface area contributed by atoms with Crippen molar-refractivity contribution in [2.45, 2.75) is 40.3 Å². The van der Waals surface area contributed by atoms with Gasteiger partial charge in [-0.3, -0.25) is 4.90 Å². The largest absolute Gasteiger partial charge is 0.395 e. The van der Waals surface area contributed by atoms with Crippen LogP contribution in [0.25, 0.3) is 22.3 Å². The summed E-state index contributed by atoms with van der Waals surface area (Å²) < 4.78 is 31.5. The molecule has 184 valence electrons. The Kier molecular flexibility index (Phi) is 7.32. The number of aliphatic hydroxyl groups excluding tert-OH is 1. The van der Waals surface area contributed by atoms with Crippen LogP contribution in [-0.4, -0.2) is 54.2 Å². The molecule has 3 aromatic heterocycles. The first-order chi connectivity index (χ1) is 16.8. The molecule has 3 heterocycles. The molecule has 0 fully saturated rings. The minimum Gasteiger partial charge on any atom is -0.395 e. The standard InChI is InChI=1S/C25H29F2N7O/c1-5-33(8-9-35)14-17-6-7-22(28-12-17)31-25-29-13-20(27)23(32-25)18-10-19(26)24-21(11-18)34(15(2)3)16(4)30-24/h6-7,10-13,15,35H,5,8-9,14H2,1-4H3,(H,28,29,31,32). The van der Waals surface area contributed by atoms with Gasteiger partial charge in [0.1, 0.15) is 22.9 Å². The van der Waals surface area contributed by atoms with E-state index in [1.807, 2.05) is 38.3 Å². The number of hydrogen-bond donors (Lipinski definition) is 2. The Hall–Kier alpha value is -3.50. The van der Waals surface area contributed by atoms with Crippen LogP contribution in [0, 0.1) is 18.6 Å². The number of halogens is 2. The number of likely N-dealkylation sites (N-methyl/N-ethyl adjacent to an activating group) is 1. The van der Waals surface area contributed by atoms with Gasteiger partial charge in [0, 0.05) is 30.9 Å². The first kappa shape index (κ1) is 24.6. The second kappa shape index (κ2) is 10.4. The number of aliphatic hydroxyl groups is 1. The lowest BCUT2D eigenvalue weighted by atomic mass is 10.1. The number of benzene rings is 1. The van der Waals surface area contributed by atoms with Gasteiger partial charge in [0.25, 0.3) is 0 Å². The lowest BCUT2D eigenvalue weighted by Crippen LogP contribution is -2.26. The Morgan fingerprint density at radius 1 is 1.09 bits per heavy atom. The fourth-order valence-corrected chi connectivity index (χ4v) is 4.14. The van der Waals surface area contributed by atoms with Crippen LogP contribution in [0.2, 0.25) is 0 Å². The number of anilines is 2. The SMILES string of the molecule is CCN(CCO)Cc1ccc(Nc2ncc(F)c(-c3cc(F)c4nc(C)n(C(C)C)c4c3)n2)nc1. The third-order valence-corrected chi connectivity index (χ3v) is 5.79. The predicted molar refractivity (Wildman–Crippen MR) is 131 cm³/mol. The number of nitrogens with one attached hydrogen (secondary N) is 1. The average Bonchev–Trinajstić information content (AvgIpc) is 3.17. The summed E-state index contributed by atoms with van der Waals surface area (Å²) in [6.07, 6.45) is 2.78. The van der Waals surface area contributed by atoms with Gasteiger partial charge in [0.15, 0.2) is 11.6 Å². The zero-order valence-electron chi connectivity index (χ0n) is 20.3. The molecule has 35 heavy (non-hydrogen) atoms. The summed E-state index contributed by atoms with van der Waals surface area (Å²) in [6, 6.07) is 6.70. The van der Waals surface area contributed by atoms with Crippen LogP contribution < -0.4 is 5.32 Å². The molecule has 0 spiro atoms. The van der Waals surface area contributed by atoms with E-state index in [0.29, 0.717) is 35.8 Å². The number of fused-ring (bicyclic) bond motifs is 1. The van der Waals surface area contributed by atoms with E-state index in [-0.39, 0.29) is 29.8 Å². The zero-order valence-corrected chi connectivity index (χ0v) is 20.3. The third kappa shape index (κ3) is 5.28. The highest BCUT2D eigenvalue weighted by Gasteiger charge is 2.18. The van der Waals surface area contributed by atoms with Gasteiger partial charge in [0.2, 0.25) is 5.95 Å². The molecular formula is C25H29F2N7O. The van der Waals surface area contributed by atoms with Gasteiger partial charge >= 0.3 is 0 Å². The molecule has 10 heteroatoms. The van der Waals surface area contributed by atoms with Crippen LogP contribution in [0.3, 0.4) is 0 Å². The fourth-order valence-electron chi connectivity index (χ4n) is 4.14. The number of nitrogens with zero attached hydrogens (tertiary/aromatic N) is 6. The van der Waals surface area contributed by atoms with Crippen molar-refractivity contribution < 1.29 is 13.9 Å². The first-order valence-corrected chi connectivity index (χ1v) is 11.6. The number of imidazole rings is 1. The normalized spacial score (nSPS) is 11.7. The number of rotatable bonds is 9. The van der Waals surface area contributed by atoms with Gasteiger partial charge < -0.3 is 15.0 Å². The predicted octanol–water partition coefficient (Wildman–Crippen LogP) is 4.61. The minimum atomic E-state index is -0.659. The van der Waals surface area contributed by atoms with E-state index in [1.165, 1.54) is 6.07 Å². The minimum absolute atomic E-state index is 0.0170. The van der Waals surface area contributed by atoms with Crippen molar-refractivity contribution in [3.05, 3.63) is 59.7 Å². The van der Waals surface area contributed by atoms with E-state index in [4.69, 9.17) is 5.11 Å². The lowest BCUT2D eigenvalue weighted by Gasteiger charge is -2.18. The first-order valence-electron chi connectivity index (χ1n) is 11.6. The van der Waals surface area contributed by atoms with Gasteiger partial charge in [0.05, 0.1) is 18.3 Å². The monoisotopic (exact) mass is 481 g/mol. The maximum absolute atomic E-state index is 14.9. The lowest BCUT2D eigenvalue weighted by molar-refractivity contribution is 0.196. The van der Waals surface area contributed by atoms with Crippen molar-refractivity contribution in [3.63, 3.8) is 0 Å². The second-order valence-electron chi connectivity index (χ2n) is 8.61. The summed E-state index contributed by atoms with van der Waals surface area (Å²) in [7, 11) is 0. The number of hydrogen-bond acceptors (Lipinski definition) is 7. The Morgan fingerprint density at radius 2 is 1.89 bits per heavy atom. The highest BCUT2D eigenvalue weighted by molar-refractivity contribution is 5.83. The molecule has 0 aliphatic rings. The highest BCUT2D eigenvalue weighted by atomic mass is 19.1. The van der Waals surface area contributed by atoms with Crippen LogP contribution in [0.5, 0.6) is 0 Å². The third-order valence-electron chi connectivity index (χ3n) is 5.79. The molecule has 0 radical (unpaired) electrons. The van der Waals surface area contributed by atoms with Crippen molar-refractivity contribution in [2.24, 2.45) is 0 Å². The molecule has 0 bridgehead atoms. The molecule has 4 rings (SSSR count). The molecule has 0 aliphatic heterocycles. The van der Waals surface area contributed by atoms with Crippen LogP contribution in [-0.2, 0) is 6.54 Å². The Bertz CT molecular complexity index is 1320. The number of aromatic nitrogens is 5. The maximum atomic E-state index is 14.9. The van der Waals surface area contributed by atoms with Gasteiger partial charge in [-0.15, -0.1) is 0 Å². The van der Waals surface area contributed by atoms with E-state index in [2.05, 4.69) is 30.2 Å². The van der Waals surface area contributed by atoms with Crippen molar-refractivity contribution in [3.8, 4) is 11.3 Å². The average molecular weight is 482 g/mol. The van der Waals surface area contributed by atoms with E-state index in [9.17, 15) is 8.78 Å². The Labute approximate surface area is 202 Å². The van der Waals surface area contributed by atoms with Crippen LogP contribution >= 0.6 is 0 Å². The smallest absolute Gasteiger partial charge is 0.229 e. The van der Waals surface area contributed by atoms with Crippen molar-refractivity contribution >= 4 is 22.8 Å². The fraction of sp³-hybridized carbons (Fsp3) is 0.360. The molecule has 0 aliphatic carbocycles. The molecule has 0 unspecified atom stereocenters. The Balaban J connectivity index is 1.61. The maximum Gasteiger partial charge on any atom is 0.229 e. The quantitative estimate of drug-likeness (QED) is 0.361. The summed E-state index contributed by atoms with van der Waals surface area (Å²) in [5.74, 6) is 0.128. The van der Waals surface area contributed by atoms with Crippen molar-refractivity contribution in [1.82, 2.24) is 29.4 Å². The Morgan fingerprint density at radius 3 is 2.54 bits per heavy atom. The summed E-state index contributed by atoms with van der Waals surface area (Å²) in [5, 5.41) is 12.1. The van der Waals surface area contributed by atoms with Crippen LogP contribution in [0.15, 0.2) is 36.7 Å². The molecule has 0 atom stereocenters. The van der Waals surface area contributed by atoms with E-state index in [0.717, 1.165) is 18.3 Å². The van der Waals surface area contributed by atoms with Gasteiger partial charge in [-0.05, 0) is 51.1 Å². The molecule has 0 amide bonds. The van der Waals surface area contributed by atoms with E-state index < -0.39 is 11.6 Å². The molecule has 2 N–H and O–H groups in total. The molecule has 8 nitrogen and oxygen atoms in total. The highest BCUT2D eigenvalue weighted by Crippen LogP contribution is 2.30. The van der Waals surface area contributed by atoms with Crippen LogP contribution in [0.1, 0.15) is 38.2 Å². The van der Waals surface area contributed by atoms with E-state index >= 15 is 0 Å². The molecule has 0 saturated carbocycles. The summed E-state index contributed by atoms with van der Waals surface area (Å²) in [5.41, 5.74) is 2.10. The summed E-state index contributed by atoms with van der Waals surface area (Å²) >= 11 is 0. The number of pyridine rings is 1.